The molecule has 0 aliphatic rings. The van der Waals surface area contributed by atoms with Gasteiger partial charge in [-0.25, -0.2) is 0 Å². The van der Waals surface area contributed by atoms with E-state index < -0.39 is 11.7 Å². The number of fused-ring (bicyclic) bond motifs is 6. The molecule has 0 saturated carbocycles. The van der Waals surface area contributed by atoms with Crippen molar-refractivity contribution in [3.8, 4) is 45.8 Å². The lowest BCUT2D eigenvalue weighted by atomic mass is 9.92. The Balaban J connectivity index is 1.43. The zero-order valence-electron chi connectivity index (χ0n) is 29.2. The lowest BCUT2D eigenvalue weighted by Gasteiger charge is -2.21. The molecule has 2 heterocycles. The topological polar surface area (TPSA) is 57.4 Å². The predicted octanol–water partition coefficient (Wildman–Crippen LogP) is 12.6. The Labute approximate surface area is 308 Å². The van der Waals surface area contributed by atoms with Crippen LogP contribution in [0.2, 0.25) is 0 Å². The molecule has 0 saturated heterocycles. The third kappa shape index (κ3) is 5.13. The fraction of sp³-hybridized carbons (Fsp3) is 0.0638. The summed E-state index contributed by atoms with van der Waals surface area (Å²) in [4.78, 5) is 0. The lowest BCUT2D eigenvalue weighted by molar-refractivity contribution is -0.137. The quantitative estimate of drug-likeness (QED) is 0.183. The smallest absolute Gasteiger partial charge is 0.309 e. The van der Waals surface area contributed by atoms with E-state index in [0.29, 0.717) is 16.7 Å². The van der Waals surface area contributed by atoms with Gasteiger partial charge in [-0.05, 0) is 97.8 Å². The number of para-hydroxylation sites is 2. The first-order chi connectivity index (χ1) is 26.1. The second kappa shape index (κ2) is 12.3. The lowest BCUT2D eigenvalue weighted by Crippen LogP contribution is -2.08. The van der Waals surface area contributed by atoms with Crippen LogP contribution in [0.3, 0.4) is 0 Å². The third-order valence-electron chi connectivity index (χ3n) is 10.3. The molecule has 7 aromatic carbocycles. The molecule has 0 spiro atoms. The van der Waals surface area contributed by atoms with E-state index >= 15 is 0 Å². The molecule has 0 N–H and O–H groups in total. The van der Waals surface area contributed by atoms with Gasteiger partial charge in [0.2, 0.25) is 0 Å². The van der Waals surface area contributed by atoms with Crippen LogP contribution >= 0.6 is 0 Å². The fourth-order valence-electron chi connectivity index (χ4n) is 7.92. The van der Waals surface area contributed by atoms with Gasteiger partial charge in [-0.15, -0.1) is 0 Å². The molecular formula is C47H29F3N4. The fourth-order valence-corrected chi connectivity index (χ4v) is 7.92. The van der Waals surface area contributed by atoms with Crippen molar-refractivity contribution < 1.29 is 13.2 Å². The molecule has 0 amide bonds. The van der Waals surface area contributed by atoms with Crippen LogP contribution in [-0.2, 0) is 6.18 Å². The molecule has 0 radical (unpaired) electrons. The first-order valence-electron chi connectivity index (χ1n) is 17.5. The van der Waals surface area contributed by atoms with E-state index in [-0.39, 0.29) is 11.1 Å². The van der Waals surface area contributed by atoms with Crippen molar-refractivity contribution in [3.63, 3.8) is 0 Å². The second-order valence-electron chi connectivity index (χ2n) is 13.7. The highest BCUT2D eigenvalue weighted by atomic mass is 19.4. The Hall–Kier alpha value is -7.09. The molecule has 0 aliphatic heterocycles. The maximum absolute atomic E-state index is 14.7. The highest BCUT2D eigenvalue weighted by molar-refractivity contribution is 6.12. The molecule has 0 bridgehead atoms. The van der Waals surface area contributed by atoms with Gasteiger partial charge in [0.15, 0.2) is 0 Å². The van der Waals surface area contributed by atoms with Crippen molar-refractivity contribution in [2.45, 2.75) is 20.0 Å². The normalized spacial score (nSPS) is 11.8. The highest BCUT2D eigenvalue weighted by Gasteiger charge is 2.34. The molecule has 0 atom stereocenters. The van der Waals surface area contributed by atoms with Gasteiger partial charge < -0.3 is 9.13 Å². The number of benzene rings is 7. The van der Waals surface area contributed by atoms with Gasteiger partial charge in [-0.1, -0.05) is 77.9 Å². The van der Waals surface area contributed by atoms with Gasteiger partial charge in [-0.2, -0.15) is 23.7 Å². The first-order valence-corrected chi connectivity index (χ1v) is 17.5. The van der Waals surface area contributed by atoms with Crippen molar-refractivity contribution in [2.24, 2.45) is 0 Å². The predicted molar refractivity (Wildman–Crippen MR) is 210 cm³/mol. The number of rotatable bonds is 4. The number of alkyl halides is 3. The summed E-state index contributed by atoms with van der Waals surface area (Å²) in [7, 11) is 0. The Kier molecular flexibility index (Phi) is 7.44. The van der Waals surface area contributed by atoms with Crippen molar-refractivity contribution in [3.05, 3.63) is 167 Å². The molecule has 0 unspecified atom stereocenters. The van der Waals surface area contributed by atoms with E-state index in [9.17, 15) is 23.7 Å². The van der Waals surface area contributed by atoms with Crippen molar-refractivity contribution in [1.82, 2.24) is 9.13 Å². The van der Waals surface area contributed by atoms with Crippen LogP contribution < -0.4 is 0 Å². The van der Waals surface area contributed by atoms with Crippen molar-refractivity contribution in [1.29, 1.82) is 10.5 Å². The largest absolute Gasteiger partial charge is 0.417 e. The average Bonchev–Trinajstić information content (AvgIpc) is 3.68. The maximum Gasteiger partial charge on any atom is 0.417 e. The zero-order valence-corrected chi connectivity index (χ0v) is 29.2. The van der Waals surface area contributed by atoms with Gasteiger partial charge >= 0.3 is 6.18 Å². The monoisotopic (exact) mass is 706 g/mol. The summed E-state index contributed by atoms with van der Waals surface area (Å²) in [5.74, 6) is 0. The van der Waals surface area contributed by atoms with E-state index in [2.05, 4.69) is 83.6 Å². The number of aromatic nitrogens is 2. The van der Waals surface area contributed by atoms with Crippen LogP contribution in [0.4, 0.5) is 13.2 Å². The molecule has 4 nitrogen and oxygen atoms in total. The maximum atomic E-state index is 14.7. The summed E-state index contributed by atoms with van der Waals surface area (Å²) in [5, 5.41) is 23.9. The highest BCUT2D eigenvalue weighted by Crippen LogP contribution is 2.44. The number of halogens is 3. The summed E-state index contributed by atoms with van der Waals surface area (Å²) < 4.78 is 48.3. The molecule has 9 rings (SSSR count). The Morgan fingerprint density at radius 1 is 0.463 bits per heavy atom. The second-order valence-corrected chi connectivity index (χ2v) is 13.7. The van der Waals surface area contributed by atoms with E-state index in [4.69, 9.17) is 0 Å². The van der Waals surface area contributed by atoms with Gasteiger partial charge in [-0.3, -0.25) is 0 Å². The minimum Gasteiger partial charge on any atom is -0.309 e. The van der Waals surface area contributed by atoms with E-state index in [0.717, 1.165) is 77.7 Å². The Morgan fingerprint density at radius 2 is 0.981 bits per heavy atom. The number of hydrogen-bond acceptors (Lipinski definition) is 2. The summed E-state index contributed by atoms with van der Waals surface area (Å²) in [5.41, 5.74) is 8.68. The molecule has 0 fully saturated rings. The van der Waals surface area contributed by atoms with Gasteiger partial charge in [0, 0.05) is 32.7 Å². The van der Waals surface area contributed by atoms with E-state index in [1.807, 2.05) is 60.7 Å². The molecule has 7 heteroatoms. The third-order valence-corrected chi connectivity index (χ3v) is 10.3. The van der Waals surface area contributed by atoms with Crippen LogP contribution in [0.1, 0.15) is 27.8 Å². The van der Waals surface area contributed by atoms with Crippen LogP contribution in [0.25, 0.3) is 77.2 Å². The first kappa shape index (κ1) is 32.8. The van der Waals surface area contributed by atoms with E-state index in [1.165, 1.54) is 12.1 Å². The molecule has 258 valence electrons. The van der Waals surface area contributed by atoms with Gasteiger partial charge in [0.25, 0.3) is 0 Å². The van der Waals surface area contributed by atoms with Crippen molar-refractivity contribution >= 4 is 43.6 Å². The average molecular weight is 707 g/mol. The van der Waals surface area contributed by atoms with Crippen LogP contribution in [0.5, 0.6) is 0 Å². The minimum absolute atomic E-state index is 0.0327. The number of nitrogens with zero attached hydrogens (tertiary/aromatic N) is 4. The number of hydrogen-bond donors (Lipinski definition) is 0. The zero-order chi connectivity index (χ0) is 37.3. The van der Waals surface area contributed by atoms with E-state index in [1.54, 1.807) is 12.1 Å². The van der Waals surface area contributed by atoms with Crippen LogP contribution in [0, 0.1) is 36.5 Å². The summed E-state index contributed by atoms with van der Waals surface area (Å²) >= 11 is 0. The standard InChI is InChI=1S/C47H29F3N4/c1-28-11-18-43-37(21-28)34-7-3-5-9-41(34)53(43)45-20-15-32(33-16-13-30(26-51)23-40(33)47(48,49)50)25-39(45)36-17-14-31(27-52)24-46(36)54-42-10-6-4-8-35(42)38-22-29(2)12-19-44(38)54/h3-25H,1-2H3. The van der Waals surface area contributed by atoms with Crippen LogP contribution in [0.15, 0.2) is 140 Å². The van der Waals surface area contributed by atoms with Crippen molar-refractivity contribution in [2.75, 3.05) is 0 Å². The number of aryl methyl sites for hydroxylation is 2. The summed E-state index contributed by atoms with van der Waals surface area (Å²) in [6.07, 6.45) is -4.70. The van der Waals surface area contributed by atoms with Crippen LogP contribution in [-0.4, -0.2) is 9.13 Å². The summed E-state index contributed by atoms with van der Waals surface area (Å²) in [6.45, 7) is 4.11. The van der Waals surface area contributed by atoms with Gasteiger partial charge in [0.1, 0.15) is 0 Å². The Morgan fingerprint density at radius 3 is 1.56 bits per heavy atom. The molecule has 2 aromatic heterocycles. The summed E-state index contributed by atoms with van der Waals surface area (Å²) in [6, 6.07) is 47.6. The Bertz CT molecular complexity index is 3090. The van der Waals surface area contributed by atoms with Gasteiger partial charge in [0.05, 0.1) is 62.3 Å². The minimum atomic E-state index is -4.70. The molecular weight excluding hydrogens is 678 g/mol. The molecule has 9 aromatic rings. The molecule has 0 aliphatic carbocycles. The molecule has 54 heavy (non-hydrogen) atoms. The number of nitriles is 2. The SMILES string of the molecule is Cc1ccc2c(c1)c1ccccc1n2-c1ccc(-c2ccc(C#N)cc2C(F)(F)F)cc1-c1ccc(C#N)cc1-n1c2ccccc2c2cc(C)ccc21.